The van der Waals surface area contributed by atoms with Crippen LogP contribution in [0.15, 0.2) is 48.6 Å². The van der Waals surface area contributed by atoms with Gasteiger partial charge in [-0.25, -0.2) is 8.42 Å². The molecule has 3 N–H and O–H groups in total. The average Bonchev–Trinajstić information content (AvgIpc) is 3.09. The summed E-state index contributed by atoms with van der Waals surface area (Å²) in [5.74, 6) is 1.13. The van der Waals surface area contributed by atoms with E-state index in [9.17, 15) is 18.6 Å². The topological polar surface area (TPSA) is 99.1 Å². The summed E-state index contributed by atoms with van der Waals surface area (Å²) in [6, 6.07) is 11.8. The number of hydrogen-bond donors (Lipinski definition) is 3. The van der Waals surface area contributed by atoms with Crippen LogP contribution in [0.25, 0.3) is 0 Å². The molecule has 5 aliphatic rings. The molecule has 2 saturated carbocycles. The summed E-state index contributed by atoms with van der Waals surface area (Å²) >= 11 is 6.41. The number of nitrogens with zero attached hydrogens (tertiary/aromatic N) is 1. The Balaban J connectivity index is 1.29. The maximum atomic E-state index is 13.8. The number of rotatable bonds is 1. The van der Waals surface area contributed by atoms with Gasteiger partial charge in [0.1, 0.15) is 12.0 Å². The van der Waals surface area contributed by atoms with E-state index < -0.39 is 27.6 Å². The SMILES string of the molecule is C[C@@H]1C/C=C/[C@H](O)[C@@H]2CC[C@H]2CN2C[C@@]3(CCCc4cc(Cl)ccc43)COc3ccc(cc32)C(O)NS(=O)(=O)[C@H]1C1CCC1. The summed E-state index contributed by atoms with van der Waals surface area (Å²) in [6.45, 7) is 3.99. The van der Waals surface area contributed by atoms with Crippen LogP contribution >= 0.6 is 11.6 Å². The van der Waals surface area contributed by atoms with Gasteiger partial charge in [-0.05, 0) is 116 Å². The molecule has 7 nitrogen and oxygen atoms in total. The van der Waals surface area contributed by atoms with Gasteiger partial charge < -0.3 is 19.8 Å². The van der Waals surface area contributed by atoms with Crippen LogP contribution in [0, 0.1) is 23.7 Å². The molecule has 44 heavy (non-hydrogen) atoms. The third kappa shape index (κ3) is 5.59. The van der Waals surface area contributed by atoms with Gasteiger partial charge in [0, 0.05) is 23.5 Å². The number of ether oxygens (including phenoxy) is 1. The van der Waals surface area contributed by atoms with Crippen molar-refractivity contribution in [2.45, 2.75) is 87.7 Å². The second-order valence-corrected chi connectivity index (χ2v) is 16.5. The molecule has 0 amide bonds. The van der Waals surface area contributed by atoms with Gasteiger partial charge in [-0.1, -0.05) is 49.2 Å². The molecule has 2 fully saturated rings. The van der Waals surface area contributed by atoms with E-state index in [1.165, 1.54) is 11.1 Å². The molecule has 2 aliphatic heterocycles. The maximum absolute atomic E-state index is 13.8. The number of halogens is 1. The van der Waals surface area contributed by atoms with Crippen molar-refractivity contribution < 1.29 is 23.4 Å². The van der Waals surface area contributed by atoms with Gasteiger partial charge in [-0.2, -0.15) is 4.72 Å². The summed E-state index contributed by atoms with van der Waals surface area (Å²) in [5, 5.41) is 22.8. The summed E-state index contributed by atoms with van der Waals surface area (Å²) in [6.07, 6.45) is 10.3. The van der Waals surface area contributed by atoms with Crippen LogP contribution in [-0.2, 0) is 21.9 Å². The third-order valence-electron chi connectivity index (χ3n) is 11.4. The largest absolute Gasteiger partial charge is 0.490 e. The molecule has 2 heterocycles. The van der Waals surface area contributed by atoms with E-state index in [0.717, 1.165) is 80.9 Å². The second kappa shape index (κ2) is 11.9. The van der Waals surface area contributed by atoms with Gasteiger partial charge in [-0.3, -0.25) is 0 Å². The number of allylic oxidation sites excluding steroid dienone is 1. The summed E-state index contributed by atoms with van der Waals surface area (Å²) in [5.41, 5.74) is 3.69. The lowest BCUT2D eigenvalue weighted by Gasteiger charge is -2.45. The molecule has 0 aromatic heterocycles. The lowest BCUT2D eigenvalue weighted by molar-refractivity contribution is 0.0455. The number of benzene rings is 2. The van der Waals surface area contributed by atoms with Gasteiger partial charge in [0.15, 0.2) is 0 Å². The highest BCUT2D eigenvalue weighted by Crippen LogP contribution is 2.47. The first-order valence-electron chi connectivity index (χ1n) is 16.5. The Hall–Kier alpha value is -2.10. The zero-order valence-electron chi connectivity index (χ0n) is 25.5. The molecule has 9 heteroatoms. The number of nitrogens with one attached hydrogen (secondary N) is 1. The molecule has 2 aromatic rings. The van der Waals surface area contributed by atoms with Gasteiger partial charge in [0.2, 0.25) is 10.0 Å². The maximum Gasteiger partial charge on any atom is 0.217 e. The molecule has 7 atom stereocenters. The number of hydrogen-bond acceptors (Lipinski definition) is 6. The summed E-state index contributed by atoms with van der Waals surface area (Å²) in [4.78, 5) is 2.38. The van der Waals surface area contributed by atoms with Crippen LogP contribution in [0.5, 0.6) is 5.75 Å². The Morgan fingerprint density at radius 3 is 2.64 bits per heavy atom. The fourth-order valence-corrected chi connectivity index (χ4v) is 11.0. The fourth-order valence-electron chi connectivity index (χ4n) is 8.66. The normalized spacial score (nSPS) is 36.1. The van der Waals surface area contributed by atoms with Crippen LogP contribution in [0.2, 0.25) is 5.02 Å². The van der Waals surface area contributed by atoms with Crippen molar-refractivity contribution in [1.29, 1.82) is 0 Å². The highest BCUT2D eigenvalue weighted by Gasteiger charge is 2.45. The van der Waals surface area contributed by atoms with Gasteiger partial charge in [0.25, 0.3) is 0 Å². The fraction of sp³-hybridized carbons (Fsp3) is 0.600. The van der Waals surface area contributed by atoms with E-state index in [1.54, 1.807) is 6.07 Å². The second-order valence-electron chi connectivity index (χ2n) is 14.2. The molecule has 0 saturated heterocycles. The Morgan fingerprint density at radius 2 is 1.89 bits per heavy atom. The first-order chi connectivity index (χ1) is 21.1. The Bertz CT molecular complexity index is 1530. The molecule has 238 valence electrons. The van der Waals surface area contributed by atoms with Crippen molar-refractivity contribution >= 4 is 27.3 Å². The third-order valence-corrected chi connectivity index (χ3v) is 13.8. The van der Waals surface area contributed by atoms with Gasteiger partial charge in [0.05, 0.1) is 23.6 Å². The standard InChI is InChI=1S/C35H45ClN2O5S/c1-22-5-2-9-31(39)28-13-10-26(28)19-38-20-35(16-4-8-24-17-27(36)12-14-29(24)35)21-43-32-15-11-25(18-30(32)38)34(40)37-44(41,42)33(22)23-6-3-7-23/h2,9,11-12,14-15,17-18,22-23,26,28,31,33-34,37,39-40H,3-8,10,13,16,19-21H2,1H3/b9-2+/t22-,26+,28-,31+,33-,34?,35+/m1/s1. The zero-order chi connectivity index (χ0) is 30.6. The lowest BCUT2D eigenvalue weighted by Crippen LogP contribution is -2.49. The smallest absolute Gasteiger partial charge is 0.217 e. The van der Waals surface area contributed by atoms with Gasteiger partial charge in [-0.15, -0.1) is 0 Å². The number of aliphatic hydroxyl groups is 2. The Morgan fingerprint density at radius 1 is 1.05 bits per heavy atom. The van der Waals surface area contributed by atoms with Crippen LogP contribution < -0.4 is 14.4 Å². The minimum absolute atomic E-state index is 0.0725. The van der Waals surface area contributed by atoms with Crippen molar-refractivity contribution in [3.05, 3.63) is 70.3 Å². The molecule has 1 unspecified atom stereocenters. The molecule has 7 rings (SSSR count). The predicted molar refractivity (Wildman–Crippen MR) is 174 cm³/mol. The van der Waals surface area contributed by atoms with Crippen LogP contribution in [-0.4, -0.2) is 49.7 Å². The van der Waals surface area contributed by atoms with Crippen molar-refractivity contribution in [3.8, 4) is 5.75 Å². The van der Waals surface area contributed by atoms with E-state index >= 15 is 0 Å². The van der Waals surface area contributed by atoms with E-state index in [-0.39, 0.29) is 23.2 Å². The molecule has 2 bridgehead atoms. The minimum atomic E-state index is -3.83. The molecule has 3 aliphatic carbocycles. The number of aryl methyl sites for hydroxylation is 1. The number of fused-ring (bicyclic) bond motifs is 4. The van der Waals surface area contributed by atoms with Crippen LogP contribution in [0.3, 0.4) is 0 Å². The van der Waals surface area contributed by atoms with E-state index in [4.69, 9.17) is 16.3 Å². The van der Waals surface area contributed by atoms with Crippen molar-refractivity contribution in [2.24, 2.45) is 23.7 Å². The minimum Gasteiger partial charge on any atom is -0.490 e. The quantitative estimate of drug-likeness (QED) is 0.337. The van der Waals surface area contributed by atoms with Gasteiger partial charge >= 0.3 is 0 Å². The summed E-state index contributed by atoms with van der Waals surface area (Å²) < 4.78 is 36.9. The molecule has 1 spiro atoms. The monoisotopic (exact) mass is 640 g/mol. The van der Waals surface area contributed by atoms with Crippen molar-refractivity contribution in [3.63, 3.8) is 0 Å². The number of sulfonamides is 1. The van der Waals surface area contributed by atoms with Crippen LogP contribution in [0.1, 0.15) is 81.2 Å². The van der Waals surface area contributed by atoms with E-state index in [1.807, 2.05) is 37.3 Å². The first-order valence-corrected chi connectivity index (χ1v) is 18.4. The number of anilines is 1. The molecule has 0 radical (unpaired) electrons. The summed E-state index contributed by atoms with van der Waals surface area (Å²) in [7, 11) is -3.83. The van der Waals surface area contributed by atoms with Crippen LogP contribution in [0.4, 0.5) is 5.69 Å². The van der Waals surface area contributed by atoms with Crippen molar-refractivity contribution in [2.75, 3.05) is 24.6 Å². The van der Waals surface area contributed by atoms with E-state index in [0.29, 0.717) is 24.5 Å². The predicted octanol–water partition coefficient (Wildman–Crippen LogP) is 5.88. The van der Waals surface area contributed by atoms with E-state index in [2.05, 4.69) is 21.8 Å². The molecule has 2 aromatic carbocycles. The lowest BCUT2D eigenvalue weighted by atomic mass is 9.68. The molecular formula is C35H45ClN2O5S. The highest BCUT2D eigenvalue weighted by molar-refractivity contribution is 7.90. The highest BCUT2D eigenvalue weighted by atomic mass is 35.5. The van der Waals surface area contributed by atoms with Crippen molar-refractivity contribution in [1.82, 2.24) is 4.72 Å². The molecular weight excluding hydrogens is 596 g/mol. The Kier molecular flexibility index (Phi) is 8.28. The zero-order valence-corrected chi connectivity index (χ0v) is 27.1. The number of aliphatic hydroxyl groups excluding tert-OH is 2. The Labute approximate surface area is 266 Å². The average molecular weight is 641 g/mol. The first kappa shape index (κ1) is 30.5.